The van der Waals surface area contributed by atoms with E-state index in [0.717, 1.165) is 38.4 Å². The number of amides is 1. The summed E-state index contributed by atoms with van der Waals surface area (Å²) in [6, 6.07) is 0.590. The van der Waals surface area contributed by atoms with Crippen LogP contribution in [0.1, 0.15) is 38.5 Å². The third-order valence-electron chi connectivity index (χ3n) is 4.68. The SMILES string of the molecule is O=C(C1CCNCC1)N1CC2CCC1CC2. The molecule has 4 rings (SSSR count). The van der Waals surface area contributed by atoms with Crippen LogP contribution in [0.15, 0.2) is 0 Å². The maximum Gasteiger partial charge on any atom is 0.226 e. The van der Waals surface area contributed by atoms with Crippen molar-refractivity contribution in [2.75, 3.05) is 19.6 Å². The number of hydrogen-bond acceptors (Lipinski definition) is 2. The highest BCUT2D eigenvalue weighted by Gasteiger charge is 2.38. The minimum Gasteiger partial charge on any atom is -0.339 e. The van der Waals surface area contributed by atoms with Crippen molar-refractivity contribution < 1.29 is 4.79 Å². The number of rotatable bonds is 1. The van der Waals surface area contributed by atoms with E-state index in [1.54, 1.807) is 0 Å². The fraction of sp³-hybridized carbons (Fsp3) is 0.923. The summed E-state index contributed by atoms with van der Waals surface area (Å²) < 4.78 is 0. The highest BCUT2D eigenvalue weighted by atomic mass is 16.2. The van der Waals surface area contributed by atoms with Crippen LogP contribution in [0.4, 0.5) is 0 Å². The highest BCUT2D eigenvalue weighted by Crippen LogP contribution is 2.36. The van der Waals surface area contributed by atoms with E-state index in [1.807, 2.05) is 0 Å². The maximum atomic E-state index is 12.4. The van der Waals surface area contributed by atoms with Crippen LogP contribution in [-0.4, -0.2) is 36.5 Å². The van der Waals surface area contributed by atoms with Crippen LogP contribution >= 0.6 is 0 Å². The Balaban J connectivity index is 1.65. The second-order valence-corrected chi connectivity index (χ2v) is 5.69. The van der Waals surface area contributed by atoms with Crippen molar-refractivity contribution in [2.45, 2.75) is 44.6 Å². The molecular formula is C13H22N2O. The molecule has 1 amide bonds. The molecule has 4 fully saturated rings. The summed E-state index contributed by atoms with van der Waals surface area (Å²) >= 11 is 0. The van der Waals surface area contributed by atoms with Crippen molar-refractivity contribution in [3.05, 3.63) is 0 Å². The van der Waals surface area contributed by atoms with Crippen molar-refractivity contribution in [1.29, 1.82) is 0 Å². The number of hydrogen-bond donors (Lipinski definition) is 1. The molecule has 3 heterocycles. The van der Waals surface area contributed by atoms with Crippen molar-refractivity contribution >= 4 is 5.91 Å². The van der Waals surface area contributed by atoms with Gasteiger partial charge in [-0.3, -0.25) is 4.79 Å². The number of piperidine rings is 3. The van der Waals surface area contributed by atoms with E-state index >= 15 is 0 Å². The van der Waals surface area contributed by atoms with Crippen molar-refractivity contribution in [1.82, 2.24) is 10.2 Å². The summed E-state index contributed by atoms with van der Waals surface area (Å²) in [6.07, 6.45) is 7.35. The van der Waals surface area contributed by atoms with Gasteiger partial charge in [0.2, 0.25) is 5.91 Å². The van der Waals surface area contributed by atoms with E-state index in [9.17, 15) is 4.79 Å². The Kier molecular flexibility index (Phi) is 2.88. The fourth-order valence-corrected chi connectivity index (χ4v) is 3.64. The first-order valence-corrected chi connectivity index (χ1v) is 6.86. The van der Waals surface area contributed by atoms with Gasteiger partial charge in [-0.2, -0.15) is 0 Å². The van der Waals surface area contributed by atoms with Gasteiger partial charge in [0.05, 0.1) is 0 Å². The first-order chi connectivity index (χ1) is 7.84. The molecule has 4 aliphatic rings. The van der Waals surface area contributed by atoms with E-state index in [0.29, 0.717) is 17.9 Å². The Morgan fingerprint density at radius 3 is 2.25 bits per heavy atom. The topological polar surface area (TPSA) is 32.3 Å². The lowest BCUT2D eigenvalue weighted by atomic mass is 9.79. The fourth-order valence-electron chi connectivity index (χ4n) is 3.64. The van der Waals surface area contributed by atoms with Crippen LogP contribution in [0.25, 0.3) is 0 Å². The Labute approximate surface area is 97.6 Å². The molecule has 1 aliphatic carbocycles. The second kappa shape index (κ2) is 4.36. The van der Waals surface area contributed by atoms with E-state index in [2.05, 4.69) is 10.2 Å². The zero-order chi connectivity index (χ0) is 11.0. The standard InChI is InChI=1S/C13H22N2O/c16-13(11-5-7-14-8-6-11)15-9-10-1-3-12(15)4-2-10/h10-12,14H,1-9H2. The molecule has 0 aromatic heterocycles. The number of nitrogens with zero attached hydrogens (tertiary/aromatic N) is 1. The lowest BCUT2D eigenvalue weighted by molar-refractivity contribution is -0.144. The molecule has 1 saturated carbocycles. The molecule has 0 unspecified atom stereocenters. The van der Waals surface area contributed by atoms with Crippen LogP contribution < -0.4 is 5.32 Å². The van der Waals surface area contributed by atoms with E-state index in [-0.39, 0.29) is 0 Å². The second-order valence-electron chi connectivity index (χ2n) is 5.69. The summed E-state index contributed by atoms with van der Waals surface area (Å²) in [5, 5.41) is 3.34. The zero-order valence-corrected chi connectivity index (χ0v) is 9.95. The smallest absolute Gasteiger partial charge is 0.226 e. The van der Waals surface area contributed by atoms with E-state index in [1.165, 1.54) is 25.7 Å². The molecule has 0 aromatic rings. The van der Waals surface area contributed by atoms with Crippen molar-refractivity contribution in [3.8, 4) is 0 Å². The van der Waals surface area contributed by atoms with Crippen molar-refractivity contribution in [2.24, 2.45) is 11.8 Å². The van der Waals surface area contributed by atoms with Gasteiger partial charge in [-0.25, -0.2) is 0 Å². The van der Waals surface area contributed by atoms with Gasteiger partial charge in [0.1, 0.15) is 0 Å². The molecule has 3 nitrogen and oxygen atoms in total. The van der Waals surface area contributed by atoms with Gasteiger partial charge in [-0.15, -0.1) is 0 Å². The summed E-state index contributed by atoms with van der Waals surface area (Å²) in [4.78, 5) is 14.7. The molecule has 3 heteroatoms. The quantitative estimate of drug-likeness (QED) is 0.727. The predicted octanol–water partition coefficient (Wildman–Crippen LogP) is 1.39. The Morgan fingerprint density at radius 1 is 1.00 bits per heavy atom. The molecule has 3 saturated heterocycles. The monoisotopic (exact) mass is 222 g/mol. The first kappa shape index (κ1) is 10.6. The average molecular weight is 222 g/mol. The maximum absolute atomic E-state index is 12.4. The predicted molar refractivity (Wildman–Crippen MR) is 63.1 cm³/mol. The van der Waals surface area contributed by atoms with Gasteiger partial charge in [0.15, 0.2) is 0 Å². The third kappa shape index (κ3) is 1.86. The van der Waals surface area contributed by atoms with Gasteiger partial charge in [-0.05, 0) is 57.5 Å². The number of carbonyl (C=O) groups excluding carboxylic acids is 1. The summed E-state index contributed by atoms with van der Waals surface area (Å²) in [5.41, 5.74) is 0. The Morgan fingerprint density at radius 2 is 1.69 bits per heavy atom. The first-order valence-electron chi connectivity index (χ1n) is 6.86. The third-order valence-corrected chi connectivity index (χ3v) is 4.68. The average Bonchev–Trinajstić information content (AvgIpc) is 2.40. The molecule has 3 aliphatic heterocycles. The molecule has 0 spiro atoms. The minimum atomic E-state index is 0.320. The molecule has 0 atom stereocenters. The number of carbonyl (C=O) groups is 1. The highest BCUT2D eigenvalue weighted by molar-refractivity contribution is 5.79. The zero-order valence-electron chi connectivity index (χ0n) is 9.95. The van der Waals surface area contributed by atoms with Crippen LogP contribution in [0.2, 0.25) is 0 Å². The largest absolute Gasteiger partial charge is 0.339 e. The normalized spacial score (nSPS) is 35.4. The van der Waals surface area contributed by atoms with Gasteiger partial charge in [-0.1, -0.05) is 0 Å². The lowest BCUT2D eigenvalue weighted by Gasteiger charge is -2.46. The van der Waals surface area contributed by atoms with E-state index < -0.39 is 0 Å². The van der Waals surface area contributed by atoms with Gasteiger partial charge in [0, 0.05) is 18.5 Å². The molecule has 0 aromatic carbocycles. The lowest BCUT2D eigenvalue weighted by Crippen LogP contribution is -2.53. The van der Waals surface area contributed by atoms with Crippen LogP contribution in [0.3, 0.4) is 0 Å². The molecule has 2 bridgehead atoms. The van der Waals surface area contributed by atoms with Gasteiger partial charge >= 0.3 is 0 Å². The molecule has 0 radical (unpaired) electrons. The summed E-state index contributed by atoms with van der Waals surface area (Å²) in [5.74, 6) is 1.60. The van der Waals surface area contributed by atoms with Gasteiger partial charge in [0.25, 0.3) is 0 Å². The van der Waals surface area contributed by atoms with Crippen LogP contribution in [0.5, 0.6) is 0 Å². The summed E-state index contributed by atoms with van der Waals surface area (Å²) in [7, 11) is 0. The minimum absolute atomic E-state index is 0.320. The Hall–Kier alpha value is -0.570. The molecular weight excluding hydrogens is 200 g/mol. The molecule has 16 heavy (non-hydrogen) atoms. The molecule has 1 N–H and O–H groups in total. The van der Waals surface area contributed by atoms with Crippen molar-refractivity contribution in [3.63, 3.8) is 0 Å². The van der Waals surface area contributed by atoms with Gasteiger partial charge < -0.3 is 10.2 Å². The Bertz CT molecular complexity index is 265. The molecule has 90 valence electrons. The number of fused-ring (bicyclic) bond motifs is 3. The van der Waals surface area contributed by atoms with E-state index in [4.69, 9.17) is 0 Å². The number of nitrogens with one attached hydrogen (secondary N) is 1. The van der Waals surface area contributed by atoms with Crippen LogP contribution in [-0.2, 0) is 4.79 Å². The van der Waals surface area contributed by atoms with Crippen LogP contribution in [0, 0.1) is 11.8 Å². The summed E-state index contributed by atoms with van der Waals surface area (Å²) in [6.45, 7) is 3.12.